The second kappa shape index (κ2) is 4.88. The molecule has 4 heteroatoms. The summed E-state index contributed by atoms with van der Waals surface area (Å²) in [6.07, 6.45) is -0.437. The molecule has 110 valence electrons. The van der Waals surface area contributed by atoms with Crippen molar-refractivity contribution in [2.75, 3.05) is 5.32 Å². The molecule has 0 unspecified atom stereocenters. The number of nitriles is 1. The van der Waals surface area contributed by atoms with Crippen LogP contribution in [0.15, 0.2) is 36.4 Å². The van der Waals surface area contributed by atoms with E-state index >= 15 is 0 Å². The number of aryl methyl sites for hydroxylation is 1. The van der Waals surface area contributed by atoms with Gasteiger partial charge in [0.1, 0.15) is 5.60 Å². The molecule has 1 N–H and O–H groups in total. The summed E-state index contributed by atoms with van der Waals surface area (Å²) in [4.78, 5) is 11.6. The van der Waals surface area contributed by atoms with Gasteiger partial charge in [0.15, 0.2) is 0 Å². The lowest BCUT2D eigenvalue weighted by molar-refractivity contribution is 0.0421. The maximum Gasteiger partial charge on any atom is 0.412 e. The minimum absolute atomic E-state index is 0.437. The van der Waals surface area contributed by atoms with E-state index in [0.717, 1.165) is 27.9 Å². The molecule has 0 spiro atoms. The average molecular weight is 292 g/mol. The minimum atomic E-state index is -0.685. The minimum Gasteiger partial charge on any atom is -0.438 e. The number of nitrogens with zero attached hydrogens (tertiary/aromatic N) is 1. The van der Waals surface area contributed by atoms with E-state index in [1.54, 1.807) is 0 Å². The molecule has 0 saturated heterocycles. The van der Waals surface area contributed by atoms with Crippen LogP contribution in [0.5, 0.6) is 0 Å². The number of fused-ring (bicyclic) bond motifs is 1. The Bertz CT molecular complexity index is 816. The van der Waals surface area contributed by atoms with Gasteiger partial charge in [-0.2, -0.15) is 5.26 Å². The number of hydrogen-bond acceptors (Lipinski definition) is 3. The summed E-state index contributed by atoms with van der Waals surface area (Å²) in [5, 5.41) is 11.8. The number of hydrogen-bond donors (Lipinski definition) is 1. The van der Waals surface area contributed by atoms with Gasteiger partial charge in [0.2, 0.25) is 0 Å². The zero-order valence-electron chi connectivity index (χ0n) is 12.7. The second-order valence-corrected chi connectivity index (χ2v) is 5.98. The van der Waals surface area contributed by atoms with E-state index in [2.05, 4.69) is 11.4 Å². The highest BCUT2D eigenvalue weighted by Gasteiger charge is 2.33. The van der Waals surface area contributed by atoms with E-state index in [-0.39, 0.29) is 0 Å². The zero-order valence-corrected chi connectivity index (χ0v) is 12.7. The highest BCUT2D eigenvalue weighted by Crippen LogP contribution is 2.38. The van der Waals surface area contributed by atoms with Crippen LogP contribution in [0.1, 0.15) is 30.5 Å². The van der Waals surface area contributed by atoms with Crippen molar-refractivity contribution in [1.82, 2.24) is 0 Å². The third kappa shape index (κ3) is 2.42. The van der Waals surface area contributed by atoms with Gasteiger partial charge in [0, 0.05) is 5.56 Å². The van der Waals surface area contributed by atoms with Crippen LogP contribution in [0, 0.1) is 18.3 Å². The van der Waals surface area contributed by atoms with Gasteiger partial charge in [-0.25, -0.2) is 4.79 Å². The third-order valence-corrected chi connectivity index (χ3v) is 3.79. The molecule has 0 saturated carbocycles. The fourth-order valence-electron chi connectivity index (χ4n) is 2.77. The molecule has 0 radical (unpaired) electrons. The molecule has 22 heavy (non-hydrogen) atoms. The van der Waals surface area contributed by atoms with Crippen molar-refractivity contribution in [2.24, 2.45) is 0 Å². The number of benzene rings is 2. The van der Waals surface area contributed by atoms with Gasteiger partial charge in [-0.05, 0) is 61.7 Å². The summed E-state index contributed by atoms with van der Waals surface area (Å²) in [6, 6.07) is 13.8. The molecular formula is C18H16N2O2. The highest BCUT2D eigenvalue weighted by molar-refractivity contribution is 5.89. The smallest absolute Gasteiger partial charge is 0.412 e. The molecule has 0 atom stereocenters. The maximum absolute atomic E-state index is 11.6. The molecule has 1 heterocycles. The average Bonchev–Trinajstić information content (AvgIpc) is 2.45. The normalized spacial score (nSPS) is 15.3. The molecule has 2 aromatic rings. The summed E-state index contributed by atoms with van der Waals surface area (Å²) < 4.78 is 5.36. The Morgan fingerprint density at radius 1 is 1.14 bits per heavy atom. The standard InChI is InChI=1S/C18H16N2O2/c1-11-6-12(10-19)8-14(7-11)13-4-5-16-15(9-13)18(2,3)22-17(21)20-16/h4-9H,1-3H3,(H,20,21). The van der Waals surface area contributed by atoms with Gasteiger partial charge in [0.05, 0.1) is 17.3 Å². The molecule has 0 aliphatic carbocycles. The van der Waals surface area contributed by atoms with Crippen LogP contribution in [0.3, 0.4) is 0 Å². The monoisotopic (exact) mass is 292 g/mol. The fraction of sp³-hybridized carbons (Fsp3) is 0.222. The third-order valence-electron chi connectivity index (χ3n) is 3.79. The molecule has 4 nitrogen and oxygen atoms in total. The van der Waals surface area contributed by atoms with E-state index in [0.29, 0.717) is 5.56 Å². The maximum atomic E-state index is 11.6. The van der Waals surface area contributed by atoms with Gasteiger partial charge < -0.3 is 4.74 Å². The molecule has 1 amide bonds. The van der Waals surface area contributed by atoms with Gasteiger partial charge in [0.25, 0.3) is 0 Å². The predicted molar refractivity (Wildman–Crippen MR) is 84.5 cm³/mol. The fourth-order valence-corrected chi connectivity index (χ4v) is 2.77. The summed E-state index contributed by atoms with van der Waals surface area (Å²) >= 11 is 0. The van der Waals surface area contributed by atoms with Crippen LogP contribution in [-0.2, 0) is 10.3 Å². The molecule has 2 aromatic carbocycles. The summed E-state index contributed by atoms with van der Waals surface area (Å²) in [7, 11) is 0. The molecule has 0 fully saturated rings. The second-order valence-electron chi connectivity index (χ2n) is 5.98. The molecular weight excluding hydrogens is 276 g/mol. The first-order valence-corrected chi connectivity index (χ1v) is 7.06. The Kier molecular flexibility index (Phi) is 3.14. The number of carbonyl (C=O) groups excluding carboxylic acids is 1. The van der Waals surface area contributed by atoms with Crippen LogP contribution in [0.25, 0.3) is 11.1 Å². The van der Waals surface area contributed by atoms with Gasteiger partial charge in [-0.3, -0.25) is 5.32 Å². The molecule has 0 aromatic heterocycles. The predicted octanol–water partition coefficient (Wildman–Crippen LogP) is 4.33. The van der Waals surface area contributed by atoms with Crippen molar-refractivity contribution in [3.63, 3.8) is 0 Å². The number of rotatable bonds is 1. The Morgan fingerprint density at radius 3 is 2.64 bits per heavy atom. The largest absolute Gasteiger partial charge is 0.438 e. The molecule has 0 bridgehead atoms. The SMILES string of the molecule is Cc1cc(C#N)cc(-c2ccc3c(c2)C(C)(C)OC(=O)N3)c1. The van der Waals surface area contributed by atoms with Crippen LogP contribution >= 0.6 is 0 Å². The number of carbonyl (C=O) groups is 1. The van der Waals surface area contributed by atoms with Crippen molar-refractivity contribution < 1.29 is 9.53 Å². The van der Waals surface area contributed by atoms with Crippen LogP contribution in [0.2, 0.25) is 0 Å². The Balaban J connectivity index is 2.14. The molecule has 1 aliphatic rings. The lowest BCUT2D eigenvalue weighted by Crippen LogP contribution is -2.34. The molecule has 1 aliphatic heterocycles. The number of cyclic esters (lactones) is 1. The van der Waals surface area contributed by atoms with Gasteiger partial charge in [-0.15, -0.1) is 0 Å². The quantitative estimate of drug-likeness (QED) is 0.850. The van der Waals surface area contributed by atoms with Crippen LogP contribution in [0.4, 0.5) is 10.5 Å². The first kappa shape index (κ1) is 14.2. The first-order valence-electron chi connectivity index (χ1n) is 7.06. The highest BCUT2D eigenvalue weighted by atomic mass is 16.6. The first-order chi connectivity index (χ1) is 10.4. The van der Waals surface area contributed by atoms with Gasteiger partial charge in [-0.1, -0.05) is 12.1 Å². The van der Waals surface area contributed by atoms with E-state index in [4.69, 9.17) is 10.00 Å². The van der Waals surface area contributed by atoms with Crippen LogP contribution < -0.4 is 5.32 Å². The number of amides is 1. The van der Waals surface area contributed by atoms with E-state index in [1.807, 2.05) is 57.2 Å². The van der Waals surface area contributed by atoms with Crippen LogP contribution in [-0.4, -0.2) is 6.09 Å². The summed E-state index contributed by atoms with van der Waals surface area (Å²) in [6.45, 7) is 5.70. The topological polar surface area (TPSA) is 62.1 Å². The number of nitrogens with one attached hydrogen (secondary N) is 1. The summed E-state index contributed by atoms with van der Waals surface area (Å²) in [5.41, 5.74) is 4.64. The van der Waals surface area contributed by atoms with E-state index < -0.39 is 11.7 Å². The number of ether oxygens (including phenoxy) is 1. The van der Waals surface area contributed by atoms with E-state index in [9.17, 15) is 4.79 Å². The zero-order chi connectivity index (χ0) is 15.9. The summed E-state index contributed by atoms with van der Waals surface area (Å²) in [5.74, 6) is 0. The van der Waals surface area contributed by atoms with E-state index in [1.165, 1.54) is 0 Å². The van der Waals surface area contributed by atoms with Crippen molar-refractivity contribution in [3.8, 4) is 17.2 Å². The van der Waals surface area contributed by atoms with Gasteiger partial charge >= 0.3 is 6.09 Å². The molecule has 3 rings (SSSR count). The Labute approximate surface area is 129 Å². The Hall–Kier alpha value is -2.80. The number of anilines is 1. The van der Waals surface area contributed by atoms with Crippen molar-refractivity contribution in [2.45, 2.75) is 26.4 Å². The van der Waals surface area contributed by atoms with Crippen molar-refractivity contribution >= 4 is 11.8 Å². The lowest BCUT2D eigenvalue weighted by atomic mass is 9.90. The lowest BCUT2D eigenvalue weighted by Gasteiger charge is -2.32. The van der Waals surface area contributed by atoms with Crippen molar-refractivity contribution in [1.29, 1.82) is 5.26 Å². The van der Waals surface area contributed by atoms with Crippen molar-refractivity contribution in [3.05, 3.63) is 53.1 Å². The Morgan fingerprint density at radius 2 is 1.91 bits per heavy atom.